The van der Waals surface area contributed by atoms with Gasteiger partial charge in [-0.05, 0) is 6.42 Å². The van der Waals surface area contributed by atoms with Crippen molar-refractivity contribution in [1.29, 1.82) is 0 Å². The molecule has 0 spiro atoms. The second-order valence-corrected chi connectivity index (χ2v) is 7.27. The molecule has 1 aliphatic heterocycles. The predicted octanol–water partition coefficient (Wildman–Crippen LogP) is 1.18. The summed E-state index contributed by atoms with van der Waals surface area (Å²) >= 11 is 0. The number of aliphatic carboxylic acids is 1. The van der Waals surface area contributed by atoms with Crippen molar-refractivity contribution in [3.63, 3.8) is 0 Å². The van der Waals surface area contributed by atoms with E-state index in [0.717, 1.165) is 19.3 Å². The maximum atomic E-state index is 11.6. The molecule has 8 nitrogen and oxygen atoms in total. The Morgan fingerprint density at radius 1 is 0.926 bits per heavy atom. The SMILES string of the molecule is CCCCCCCCCCCCOC1(C(=O)O)O[C@H](CO)[C@@H](O)[C@H](O)[C@H]1O. The molecule has 1 saturated heterocycles. The fourth-order valence-electron chi connectivity index (χ4n) is 3.31. The minimum Gasteiger partial charge on any atom is -0.477 e. The van der Waals surface area contributed by atoms with Crippen molar-refractivity contribution >= 4 is 5.97 Å². The lowest BCUT2D eigenvalue weighted by Gasteiger charge is -2.45. The van der Waals surface area contributed by atoms with E-state index in [1.54, 1.807) is 0 Å². The molecule has 0 aromatic heterocycles. The van der Waals surface area contributed by atoms with Crippen LogP contribution in [0.25, 0.3) is 0 Å². The first-order valence-electron chi connectivity index (χ1n) is 10.1. The van der Waals surface area contributed by atoms with E-state index in [2.05, 4.69) is 6.92 Å². The van der Waals surface area contributed by atoms with Gasteiger partial charge in [-0.25, -0.2) is 4.79 Å². The third-order valence-electron chi connectivity index (χ3n) is 5.06. The Bertz CT molecular complexity index is 417. The number of hydrogen-bond acceptors (Lipinski definition) is 7. The van der Waals surface area contributed by atoms with Crippen molar-refractivity contribution < 1.29 is 39.8 Å². The third kappa shape index (κ3) is 6.96. The van der Waals surface area contributed by atoms with E-state index in [-0.39, 0.29) is 6.61 Å². The van der Waals surface area contributed by atoms with Gasteiger partial charge in [0.2, 0.25) is 0 Å². The van der Waals surface area contributed by atoms with Gasteiger partial charge in [-0.2, -0.15) is 0 Å². The van der Waals surface area contributed by atoms with Crippen molar-refractivity contribution in [1.82, 2.24) is 0 Å². The van der Waals surface area contributed by atoms with Gasteiger partial charge in [-0.15, -0.1) is 0 Å². The first-order chi connectivity index (χ1) is 12.9. The van der Waals surface area contributed by atoms with Crippen LogP contribution in [-0.2, 0) is 14.3 Å². The number of carboxylic acids is 1. The predicted molar refractivity (Wildman–Crippen MR) is 98.1 cm³/mol. The molecule has 1 aliphatic rings. The lowest BCUT2D eigenvalue weighted by Crippen LogP contribution is -2.69. The average molecular weight is 392 g/mol. The van der Waals surface area contributed by atoms with Crippen molar-refractivity contribution in [2.45, 2.75) is 101 Å². The van der Waals surface area contributed by atoms with E-state index in [0.29, 0.717) is 6.42 Å². The van der Waals surface area contributed by atoms with Gasteiger partial charge >= 0.3 is 5.97 Å². The highest BCUT2D eigenvalue weighted by Crippen LogP contribution is 2.32. The molecule has 5 atom stereocenters. The van der Waals surface area contributed by atoms with Crippen LogP contribution in [0.4, 0.5) is 0 Å². The second kappa shape index (κ2) is 12.6. The molecule has 0 aliphatic carbocycles. The highest BCUT2D eigenvalue weighted by atomic mass is 16.7. The number of ether oxygens (including phenoxy) is 2. The molecule has 1 fully saturated rings. The Morgan fingerprint density at radius 2 is 1.44 bits per heavy atom. The summed E-state index contributed by atoms with van der Waals surface area (Å²) in [5.74, 6) is -4.10. The van der Waals surface area contributed by atoms with Crippen LogP contribution in [-0.4, -0.2) is 74.9 Å². The van der Waals surface area contributed by atoms with Crippen LogP contribution in [0, 0.1) is 0 Å². The molecule has 0 aromatic carbocycles. The Balaban J connectivity index is 2.34. The van der Waals surface area contributed by atoms with Gasteiger partial charge in [0, 0.05) is 0 Å². The van der Waals surface area contributed by atoms with Crippen LogP contribution in [0.2, 0.25) is 0 Å². The summed E-state index contributed by atoms with van der Waals surface area (Å²) in [6.07, 6.45) is 4.39. The molecule has 0 aromatic rings. The first kappa shape index (κ1) is 24.3. The molecular weight excluding hydrogens is 356 g/mol. The summed E-state index contributed by atoms with van der Waals surface area (Å²) in [5, 5.41) is 48.4. The van der Waals surface area contributed by atoms with Crippen molar-refractivity contribution in [2.24, 2.45) is 0 Å². The lowest BCUT2D eigenvalue weighted by molar-refractivity contribution is -0.352. The number of aliphatic hydroxyl groups excluding tert-OH is 4. The van der Waals surface area contributed by atoms with Gasteiger partial charge in [-0.3, -0.25) is 0 Å². The van der Waals surface area contributed by atoms with Crippen molar-refractivity contribution in [3.8, 4) is 0 Å². The molecule has 0 amide bonds. The third-order valence-corrected chi connectivity index (χ3v) is 5.06. The maximum absolute atomic E-state index is 11.6. The molecule has 160 valence electrons. The fraction of sp³-hybridized carbons (Fsp3) is 0.947. The van der Waals surface area contributed by atoms with Crippen LogP contribution < -0.4 is 0 Å². The summed E-state index contributed by atoms with van der Waals surface area (Å²) in [4.78, 5) is 11.6. The molecule has 1 rings (SSSR count). The fourth-order valence-corrected chi connectivity index (χ4v) is 3.31. The van der Waals surface area contributed by atoms with Gasteiger partial charge in [0.1, 0.15) is 24.4 Å². The van der Waals surface area contributed by atoms with Crippen molar-refractivity contribution in [2.75, 3.05) is 13.2 Å². The topological polar surface area (TPSA) is 137 Å². The zero-order valence-corrected chi connectivity index (χ0v) is 16.3. The van der Waals surface area contributed by atoms with E-state index < -0.39 is 42.8 Å². The Kier molecular flexibility index (Phi) is 11.4. The highest BCUT2D eigenvalue weighted by Gasteiger charge is 2.59. The maximum Gasteiger partial charge on any atom is 0.367 e. The van der Waals surface area contributed by atoms with Crippen LogP contribution in [0.1, 0.15) is 71.1 Å². The van der Waals surface area contributed by atoms with E-state index >= 15 is 0 Å². The molecule has 1 heterocycles. The quantitative estimate of drug-likeness (QED) is 0.278. The Hall–Kier alpha value is -0.770. The summed E-state index contributed by atoms with van der Waals surface area (Å²) in [7, 11) is 0. The number of hydrogen-bond donors (Lipinski definition) is 5. The molecule has 0 bridgehead atoms. The summed E-state index contributed by atoms with van der Waals surface area (Å²) < 4.78 is 10.5. The monoisotopic (exact) mass is 392 g/mol. The van der Waals surface area contributed by atoms with Gasteiger partial charge in [-0.1, -0.05) is 64.7 Å². The van der Waals surface area contributed by atoms with E-state index in [9.17, 15) is 30.3 Å². The number of aliphatic hydroxyl groups is 4. The summed E-state index contributed by atoms with van der Waals surface area (Å²) in [6.45, 7) is 1.52. The first-order valence-corrected chi connectivity index (χ1v) is 10.1. The van der Waals surface area contributed by atoms with Gasteiger partial charge in [0.25, 0.3) is 5.79 Å². The van der Waals surface area contributed by atoms with E-state index in [1.807, 2.05) is 0 Å². The zero-order chi connectivity index (χ0) is 20.3. The van der Waals surface area contributed by atoms with Crippen LogP contribution in [0.15, 0.2) is 0 Å². The molecule has 0 radical (unpaired) electrons. The normalized spacial score (nSPS) is 31.1. The van der Waals surface area contributed by atoms with Gasteiger partial charge in [0.15, 0.2) is 0 Å². The average Bonchev–Trinajstić information content (AvgIpc) is 2.65. The number of carboxylic acid groups (broad SMARTS) is 1. The van der Waals surface area contributed by atoms with Crippen LogP contribution >= 0.6 is 0 Å². The molecule has 1 unspecified atom stereocenters. The standard InChI is InChI=1S/C19H36O8/c1-2-3-4-5-6-7-8-9-10-11-12-26-19(18(24)25)17(23)16(22)15(21)14(13-20)27-19/h14-17,20-23H,2-13H2,1H3,(H,24,25)/t14-,15-,16+,17-,19?/m1/s1. The van der Waals surface area contributed by atoms with Gasteiger partial charge < -0.3 is 35.0 Å². The molecule has 0 saturated carbocycles. The minimum absolute atomic E-state index is 0.0286. The van der Waals surface area contributed by atoms with E-state index in [4.69, 9.17) is 9.47 Å². The summed E-state index contributed by atoms with van der Waals surface area (Å²) in [5.41, 5.74) is 0. The number of unbranched alkanes of at least 4 members (excludes halogenated alkanes) is 9. The molecule has 5 N–H and O–H groups in total. The second-order valence-electron chi connectivity index (χ2n) is 7.27. The van der Waals surface area contributed by atoms with Crippen LogP contribution in [0.3, 0.4) is 0 Å². The van der Waals surface area contributed by atoms with Gasteiger partial charge in [0.05, 0.1) is 13.2 Å². The van der Waals surface area contributed by atoms with E-state index in [1.165, 1.54) is 38.5 Å². The van der Waals surface area contributed by atoms with Crippen LogP contribution in [0.5, 0.6) is 0 Å². The smallest absolute Gasteiger partial charge is 0.367 e. The number of carbonyl (C=O) groups is 1. The van der Waals surface area contributed by atoms with Crippen molar-refractivity contribution in [3.05, 3.63) is 0 Å². The molecule has 27 heavy (non-hydrogen) atoms. The zero-order valence-electron chi connectivity index (χ0n) is 16.3. The molecule has 8 heteroatoms. The lowest BCUT2D eigenvalue weighted by atomic mass is 9.92. The highest BCUT2D eigenvalue weighted by molar-refractivity contribution is 5.77. The molecular formula is C19H36O8. The minimum atomic E-state index is -2.49. The largest absolute Gasteiger partial charge is 0.477 e. The summed E-state index contributed by atoms with van der Waals surface area (Å²) in [6, 6.07) is 0. The Morgan fingerprint density at radius 3 is 1.93 bits per heavy atom. The Labute approximate surface area is 161 Å². The number of rotatable bonds is 14.